The Labute approximate surface area is 195 Å². The summed E-state index contributed by atoms with van der Waals surface area (Å²) in [7, 11) is 1.66. The van der Waals surface area contributed by atoms with Gasteiger partial charge in [0.05, 0.1) is 17.8 Å². The summed E-state index contributed by atoms with van der Waals surface area (Å²) in [5.74, 6) is 2.56. The molecule has 4 aromatic rings. The summed E-state index contributed by atoms with van der Waals surface area (Å²) in [6.07, 6.45) is 4.63. The van der Waals surface area contributed by atoms with Crippen LogP contribution in [0.2, 0.25) is 0 Å². The lowest BCUT2D eigenvalue weighted by molar-refractivity contribution is 0.153. The first-order valence-electron chi connectivity index (χ1n) is 10.9. The van der Waals surface area contributed by atoms with Gasteiger partial charge in [0.25, 0.3) is 0 Å². The molecule has 0 atom stereocenters. The molecule has 1 fully saturated rings. The number of amides is 1. The molecule has 0 spiro atoms. The molecule has 1 saturated carbocycles. The number of benzene rings is 1. The van der Waals surface area contributed by atoms with E-state index in [1.54, 1.807) is 37.6 Å². The fourth-order valence-electron chi connectivity index (χ4n) is 3.40. The first kappa shape index (κ1) is 21.9. The minimum Gasteiger partial charge on any atom is -0.439 e. The largest absolute Gasteiger partial charge is 0.439 e. The van der Waals surface area contributed by atoms with Crippen LogP contribution in [-0.4, -0.2) is 46.2 Å². The second-order valence-electron chi connectivity index (χ2n) is 7.87. The second kappa shape index (κ2) is 9.89. The van der Waals surface area contributed by atoms with Gasteiger partial charge in [-0.3, -0.25) is 5.32 Å². The van der Waals surface area contributed by atoms with Crippen molar-refractivity contribution in [1.82, 2.24) is 25.2 Å². The molecule has 5 rings (SSSR count). The van der Waals surface area contributed by atoms with Crippen molar-refractivity contribution in [3.8, 4) is 11.6 Å². The van der Waals surface area contributed by atoms with E-state index in [1.807, 2.05) is 12.1 Å². The molecule has 176 valence electrons. The summed E-state index contributed by atoms with van der Waals surface area (Å²) < 4.78 is 17.5. The quantitative estimate of drug-likeness (QED) is 0.339. The third-order valence-electron chi connectivity index (χ3n) is 5.26. The number of hydrogen-bond donors (Lipinski definition) is 2. The van der Waals surface area contributed by atoms with Crippen molar-refractivity contribution in [2.75, 3.05) is 25.6 Å². The minimum atomic E-state index is -0.666. The average Bonchev–Trinajstić information content (AvgIpc) is 3.47. The molecule has 1 aromatic carbocycles. The molecular weight excluding hydrogens is 440 g/mol. The van der Waals surface area contributed by atoms with E-state index < -0.39 is 6.09 Å². The van der Waals surface area contributed by atoms with Gasteiger partial charge in [-0.15, -0.1) is 0 Å². The lowest BCUT2D eigenvalue weighted by Crippen LogP contribution is -2.24. The Kier molecular flexibility index (Phi) is 6.36. The summed E-state index contributed by atoms with van der Waals surface area (Å²) in [6, 6.07) is 10.7. The highest BCUT2D eigenvalue weighted by Gasteiger charge is 2.28. The maximum Gasteiger partial charge on any atom is 0.437 e. The third-order valence-corrected chi connectivity index (χ3v) is 5.26. The van der Waals surface area contributed by atoms with Crippen LogP contribution in [0.3, 0.4) is 0 Å². The smallest absolute Gasteiger partial charge is 0.437 e. The number of rotatable bonds is 10. The lowest BCUT2D eigenvalue weighted by Gasteiger charge is -2.08. The van der Waals surface area contributed by atoms with Gasteiger partial charge in [0, 0.05) is 49.8 Å². The minimum absolute atomic E-state index is 0.331. The summed E-state index contributed by atoms with van der Waals surface area (Å²) in [5, 5.41) is 10.5. The van der Waals surface area contributed by atoms with Gasteiger partial charge in [0.15, 0.2) is 5.82 Å². The molecule has 2 N–H and O–H groups in total. The predicted octanol–water partition coefficient (Wildman–Crippen LogP) is 3.49. The number of ether oxygens (including phenoxy) is 2. The number of carbonyl (C=O) groups is 1. The second-order valence-corrected chi connectivity index (χ2v) is 7.87. The standard InChI is InChI=1S/C23H24N6O5/c1-31-9-7-24-13-17-11-22(26-14-25-17)32-18-4-5-19-16(10-18)6-8-29(19)34-23(30)27-21-12-20(33-28-21)15-2-3-15/h4-6,8,10-12,14-15,24H,2-3,7,9,13H2,1H3,(H,27,28,30). The number of anilines is 1. The van der Waals surface area contributed by atoms with Crippen molar-refractivity contribution in [1.29, 1.82) is 0 Å². The number of methoxy groups -OCH3 is 1. The number of carbonyl (C=O) groups excluding carboxylic acids is 1. The highest BCUT2D eigenvalue weighted by Crippen LogP contribution is 2.40. The SMILES string of the molecule is COCCNCc1cc(Oc2ccc3c(ccn3OC(=O)Nc3cc(C4CC4)on3)c2)ncn1. The maximum atomic E-state index is 12.3. The van der Waals surface area contributed by atoms with Crippen molar-refractivity contribution < 1.29 is 23.6 Å². The average molecular weight is 464 g/mol. The van der Waals surface area contributed by atoms with E-state index in [1.165, 1.54) is 11.1 Å². The van der Waals surface area contributed by atoms with Crippen molar-refractivity contribution >= 4 is 22.8 Å². The van der Waals surface area contributed by atoms with Gasteiger partial charge in [-0.05, 0) is 37.1 Å². The van der Waals surface area contributed by atoms with Crippen molar-refractivity contribution in [3.05, 3.63) is 60.4 Å². The van der Waals surface area contributed by atoms with Crippen LogP contribution in [0.1, 0.15) is 30.2 Å². The van der Waals surface area contributed by atoms with E-state index in [-0.39, 0.29) is 0 Å². The zero-order valence-corrected chi connectivity index (χ0v) is 18.6. The molecule has 0 aliphatic heterocycles. The first-order chi connectivity index (χ1) is 16.7. The molecule has 34 heavy (non-hydrogen) atoms. The third kappa shape index (κ3) is 5.33. The molecule has 11 heteroatoms. The lowest BCUT2D eigenvalue weighted by atomic mass is 10.2. The Morgan fingerprint density at radius 2 is 2.12 bits per heavy atom. The molecule has 0 saturated heterocycles. The molecular formula is C23H24N6O5. The zero-order valence-electron chi connectivity index (χ0n) is 18.6. The van der Waals surface area contributed by atoms with E-state index >= 15 is 0 Å². The van der Waals surface area contributed by atoms with Crippen LogP contribution < -0.4 is 20.2 Å². The van der Waals surface area contributed by atoms with E-state index in [2.05, 4.69) is 25.8 Å². The molecule has 1 aliphatic rings. The molecule has 1 amide bonds. The Bertz CT molecular complexity index is 1280. The number of nitrogens with one attached hydrogen (secondary N) is 2. The number of aromatic nitrogens is 4. The molecule has 1 aliphatic carbocycles. The Morgan fingerprint density at radius 3 is 2.97 bits per heavy atom. The van der Waals surface area contributed by atoms with Gasteiger partial charge >= 0.3 is 6.09 Å². The topological polar surface area (TPSA) is 126 Å². The van der Waals surface area contributed by atoms with Crippen LogP contribution in [0.25, 0.3) is 10.9 Å². The number of fused-ring (bicyclic) bond motifs is 1. The number of nitrogens with zero attached hydrogens (tertiary/aromatic N) is 4. The van der Waals surface area contributed by atoms with Gasteiger partial charge in [-0.1, -0.05) is 5.16 Å². The normalized spacial score (nSPS) is 13.2. The maximum absolute atomic E-state index is 12.3. The fourth-order valence-corrected chi connectivity index (χ4v) is 3.40. The highest BCUT2D eigenvalue weighted by atomic mass is 16.7. The summed E-state index contributed by atoms with van der Waals surface area (Å²) in [4.78, 5) is 26.1. The van der Waals surface area contributed by atoms with Crippen LogP contribution in [0, 0.1) is 0 Å². The predicted molar refractivity (Wildman–Crippen MR) is 122 cm³/mol. The Balaban J connectivity index is 1.20. The van der Waals surface area contributed by atoms with Crippen molar-refractivity contribution in [3.63, 3.8) is 0 Å². The summed E-state index contributed by atoms with van der Waals surface area (Å²) >= 11 is 0. The van der Waals surface area contributed by atoms with Gasteiger partial charge in [-0.25, -0.2) is 14.8 Å². The van der Waals surface area contributed by atoms with E-state index in [4.69, 9.17) is 18.8 Å². The fraction of sp³-hybridized carbons (Fsp3) is 0.304. The Morgan fingerprint density at radius 1 is 1.21 bits per heavy atom. The molecule has 11 nitrogen and oxygen atoms in total. The highest BCUT2D eigenvalue weighted by molar-refractivity contribution is 5.86. The summed E-state index contributed by atoms with van der Waals surface area (Å²) in [5.41, 5.74) is 1.51. The molecule has 0 radical (unpaired) electrons. The van der Waals surface area contributed by atoms with Gasteiger partial charge in [0.1, 0.15) is 17.8 Å². The van der Waals surface area contributed by atoms with Crippen LogP contribution in [-0.2, 0) is 11.3 Å². The molecule has 3 aromatic heterocycles. The monoisotopic (exact) mass is 464 g/mol. The van der Waals surface area contributed by atoms with E-state index in [9.17, 15) is 4.79 Å². The van der Waals surface area contributed by atoms with Gasteiger partial charge < -0.3 is 24.2 Å². The first-order valence-corrected chi connectivity index (χ1v) is 10.9. The Hall–Kier alpha value is -3.96. The van der Waals surface area contributed by atoms with Crippen LogP contribution in [0.5, 0.6) is 11.6 Å². The summed E-state index contributed by atoms with van der Waals surface area (Å²) in [6.45, 7) is 1.94. The van der Waals surface area contributed by atoms with Crippen molar-refractivity contribution in [2.45, 2.75) is 25.3 Å². The van der Waals surface area contributed by atoms with Crippen molar-refractivity contribution in [2.24, 2.45) is 0 Å². The van der Waals surface area contributed by atoms with Crippen LogP contribution >= 0.6 is 0 Å². The van der Waals surface area contributed by atoms with Crippen LogP contribution in [0.15, 0.2) is 53.4 Å². The zero-order chi connectivity index (χ0) is 23.3. The molecule has 3 heterocycles. The molecule has 0 bridgehead atoms. The molecule has 0 unspecified atom stereocenters. The number of hydrogen-bond acceptors (Lipinski definition) is 9. The van der Waals surface area contributed by atoms with E-state index in [0.717, 1.165) is 36.2 Å². The van der Waals surface area contributed by atoms with Gasteiger partial charge in [-0.2, -0.15) is 4.73 Å². The van der Waals surface area contributed by atoms with Gasteiger partial charge in [0.2, 0.25) is 5.88 Å². The van der Waals surface area contributed by atoms with E-state index in [0.29, 0.717) is 42.0 Å². The van der Waals surface area contributed by atoms with Crippen LogP contribution in [0.4, 0.5) is 10.6 Å².